The summed E-state index contributed by atoms with van der Waals surface area (Å²) in [4.78, 5) is 28.4. The molecule has 0 spiro atoms. The van der Waals surface area contributed by atoms with Crippen LogP contribution in [0.15, 0.2) is 60.7 Å². The third kappa shape index (κ3) is 6.54. The van der Waals surface area contributed by atoms with Gasteiger partial charge in [0.05, 0.1) is 0 Å². The number of carbonyl (C=O) groups excluding carboxylic acids is 2. The third-order valence-corrected chi connectivity index (χ3v) is 4.94. The molecule has 1 N–H and O–H groups in total. The second kappa shape index (κ2) is 10.5. The molecule has 152 valence electrons. The minimum Gasteiger partial charge on any atom is -0.351 e. The van der Waals surface area contributed by atoms with Gasteiger partial charge in [-0.15, -0.1) is 0 Å². The first-order chi connectivity index (χ1) is 14.1. The van der Waals surface area contributed by atoms with Gasteiger partial charge in [0.1, 0.15) is 12.2 Å². The average Bonchev–Trinajstić information content (AvgIpc) is 2.74. The summed E-state index contributed by atoms with van der Waals surface area (Å²) in [5, 5.41) is 2.62. The maximum Gasteiger partial charge on any atom is 0.232 e. The fraction of sp³-hybridized carbons (Fsp3) is 0.304. The summed E-state index contributed by atoms with van der Waals surface area (Å²) in [6.45, 7) is 3.70. The number of piperazine rings is 1. The lowest BCUT2D eigenvalue weighted by atomic mass is 10.2. The van der Waals surface area contributed by atoms with Crippen LogP contribution in [-0.2, 0) is 16.1 Å². The largest absolute Gasteiger partial charge is 0.351 e. The molecule has 3 rings (SSSR count). The smallest absolute Gasteiger partial charge is 0.232 e. The van der Waals surface area contributed by atoms with E-state index in [1.165, 1.54) is 11.6 Å². The zero-order valence-corrected chi connectivity index (χ0v) is 16.4. The number of nitrogens with one attached hydrogen (secondary N) is 1. The van der Waals surface area contributed by atoms with Crippen LogP contribution >= 0.6 is 0 Å². The van der Waals surface area contributed by atoms with Crippen LogP contribution < -0.4 is 5.32 Å². The van der Waals surface area contributed by atoms with Crippen LogP contribution in [0.1, 0.15) is 17.5 Å². The molecule has 0 unspecified atom stereocenters. The van der Waals surface area contributed by atoms with E-state index in [-0.39, 0.29) is 30.6 Å². The van der Waals surface area contributed by atoms with Gasteiger partial charge in [-0.25, -0.2) is 4.39 Å². The van der Waals surface area contributed by atoms with Crippen molar-refractivity contribution in [3.8, 4) is 0 Å². The van der Waals surface area contributed by atoms with Crippen LogP contribution in [0.5, 0.6) is 0 Å². The Labute approximate surface area is 170 Å². The number of carbonyl (C=O) groups is 2. The molecular formula is C23H26FN3O2. The molecule has 6 heteroatoms. The van der Waals surface area contributed by atoms with Gasteiger partial charge in [-0.05, 0) is 11.6 Å². The van der Waals surface area contributed by atoms with E-state index in [0.29, 0.717) is 18.7 Å². The van der Waals surface area contributed by atoms with Crippen molar-refractivity contribution >= 4 is 17.9 Å². The minimum atomic E-state index is -0.383. The van der Waals surface area contributed by atoms with Crippen LogP contribution in [0.25, 0.3) is 6.08 Å². The molecule has 5 nitrogen and oxygen atoms in total. The van der Waals surface area contributed by atoms with Crippen molar-refractivity contribution < 1.29 is 14.0 Å². The highest BCUT2D eigenvalue weighted by Gasteiger charge is 2.22. The van der Waals surface area contributed by atoms with Crippen molar-refractivity contribution in [2.75, 3.05) is 32.7 Å². The van der Waals surface area contributed by atoms with Crippen molar-refractivity contribution in [3.05, 3.63) is 77.6 Å². The van der Waals surface area contributed by atoms with E-state index in [2.05, 4.69) is 34.5 Å². The predicted molar refractivity (Wildman–Crippen MR) is 111 cm³/mol. The molecule has 1 saturated heterocycles. The maximum absolute atomic E-state index is 13.6. The highest BCUT2D eigenvalue weighted by Crippen LogP contribution is 2.07. The molecule has 2 aromatic carbocycles. The van der Waals surface area contributed by atoms with Crippen LogP contribution in [0.4, 0.5) is 4.39 Å². The number of hydrogen-bond donors (Lipinski definition) is 1. The van der Waals surface area contributed by atoms with E-state index in [4.69, 9.17) is 0 Å². The first-order valence-electron chi connectivity index (χ1n) is 9.83. The number of nitrogens with zero attached hydrogens (tertiary/aromatic N) is 2. The Hall–Kier alpha value is -2.99. The Morgan fingerprint density at radius 1 is 0.966 bits per heavy atom. The quantitative estimate of drug-likeness (QED) is 0.734. The SMILES string of the molecule is O=C(CC(=O)N1CCN(C/C=C/c2ccccc2)CC1)NCc1ccccc1F. The second-order valence-electron chi connectivity index (χ2n) is 7.04. The van der Waals surface area contributed by atoms with Crippen molar-refractivity contribution in [2.45, 2.75) is 13.0 Å². The van der Waals surface area contributed by atoms with Gasteiger partial charge in [0.2, 0.25) is 11.8 Å². The summed E-state index contributed by atoms with van der Waals surface area (Å²) >= 11 is 0. The summed E-state index contributed by atoms with van der Waals surface area (Å²) < 4.78 is 13.6. The predicted octanol–water partition coefficient (Wildman–Crippen LogP) is 2.69. The number of benzene rings is 2. The van der Waals surface area contributed by atoms with Gasteiger partial charge in [0.15, 0.2) is 0 Å². The second-order valence-corrected chi connectivity index (χ2v) is 7.04. The molecule has 29 heavy (non-hydrogen) atoms. The van der Waals surface area contributed by atoms with E-state index < -0.39 is 0 Å². The van der Waals surface area contributed by atoms with E-state index >= 15 is 0 Å². The number of hydrogen-bond acceptors (Lipinski definition) is 3. The van der Waals surface area contributed by atoms with Crippen molar-refractivity contribution in [1.82, 2.24) is 15.1 Å². The lowest BCUT2D eigenvalue weighted by Gasteiger charge is -2.34. The zero-order valence-electron chi connectivity index (χ0n) is 16.4. The van der Waals surface area contributed by atoms with E-state index in [1.54, 1.807) is 23.1 Å². The fourth-order valence-electron chi connectivity index (χ4n) is 3.23. The maximum atomic E-state index is 13.6. The number of rotatable bonds is 7. The Balaban J connectivity index is 1.36. The van der Waals surface area contributed by atoms with Gasteiger partial charge in [-0.1, -0.05) is 60.7 Å². The Bertz CT molecular complexity index is 846. The van der Waals surface area contributed by atoms with Crippen molar-refractivity contribution in [2.24, 2.45) is 0 Å². The normalized spacial score (nSPS) is 14.9. The molecule has 1 aliphatic heterocycles. The molecule has 0 saturated carbocycles. The molecule has 1 heterocycles. The van der Waals surface area contributed by atoms with E-state index in [0.717, 1.165) is 19.6 Å². The van der Waals surface area contributed by atoms with Gasteiger partial charge >= 0.3 is 0 Å². The lowest BCUT2D eigenvalue weighted by molar-refractivity contribution is -0.137. The number of amides is 2. The summed E-state index contributed by atoms with van der Waals surface area (Å²) in [6, 6.07) is 16.4. The molecule has 0 aromatic heterocycles. The lowest BCUT2D eigenvalue weighted by Crippen LogP contribution is -2.49. The first-order valence-corrected chi connectivity index (χ1v) is 9.83. The van der Waals surface area contributed by atoms with Gasteiger partial charge in [0, 0.05) is 44.8 Å². The summed E-state index contributed by atoms with van der Waals surface area (Å²) in [5.74, 6) is -0.932. The molecule has 2 aromatic rings. The van der Waals surface area contributed by atoms with Crippen molar-refractivity contribution in [3.63, 3.8) is 0 Å². The standard InChI is InChI=1S/C23H26FN3O2/c24-21-11-5-4-10-20(21)18-25-22(28)17-23(29)27-15-13-26(14-16-27)12-6-9-19-7-2-1-3-8-19/h1-11H,12-18H2,(H,25,28)/b9-6+. The van der Waals surface area contributed by atoms with E-state index in [9.17, 15) is 14.0 Å². The van der Waals surface area contributed by atoms with Gasteiger partial charge in [-0.3, -0.25) is 14.5 Å². The van der Waals surface area contributed by atoms with Crippen molar-refractivity contribution in [1.29, 1.82) is 0 Å². The molecule has 2 amide bonds. The van der Waals surface area contributed by atoms with Crippen LogP contribution in [0.3, 0.4) is 0 Å². The molecule has 0 aliphatic carbocycles. The Kier molecular flexibility index (Phi) is 7.53. The monoisotopic (exact) mass is 395 g/mol. The van der Waals surface area contributed by atoms with Crippen LogP contribution in [0.2, 0.25) is 0 Å². The number of halogens is 1. The topological polar surface area (TPSA) is 52.7 Å². The molecular weight excluding hydrogens is 369 g/mol. The Morgan fingerprint density at radius 3 is 2.38 bits per heavy atom. The fourth-order valence-corrected chi connectivity index (χ4v) is 3.23. The molecule has 1 fully saturated rings. The zero-order chi connectivity index (χ0) is 20.5. The molecule has 0 radical (unpaired) electrons. The van der Waals surface area contributed by atoms with Gasteiger partial charge in [-0.2, -0.15) is 0 Å². The molecule has 1 aliphatic rings. The van der Waals surface area contributed by atoms with E-state index in [1.807, 2.05) is 18.2 Å². The molecule has 0 atom stereocenters. The highest BCUT2D eigenvalue weighted by molar-refractivity contribution is 5.96. The van der Waals surface area contributed by atoms with Crippen LogP contribution in [0, 0.1) is 5.82 Å². The minimum absolute atomic E-state index is 0.0836. The Morgan fingerprint density at radius 2 is 1.66 bits per heavy atom. The summed E-state index contributed by atoms with van der Waals surface area (Å²) in [7, 11) is 0. The average molecular weight is 395 g/mol. The van der Waals surface area contributed by atoms with Gasteiger partial charge in [0.25, 0.3) is 0 Å². The first kappa shape index (κ1) is 20.7. The summed E-state index contributed by atoms with van der Waals surface area (Å²) in [5.41, 5.74) is 1.58. The highest BCUT2D eigenvalue weighted by atomic mass is 19.1. The van der Waals surface area contributed by atoms with Gasteiger partial charge < -0.3 is 10.2 Å². The van der Waals surface area contributed by atoms with Crippen LogP contribution in [-0.4, -0.2) is 54.3 Å². The third-order valence-electron chi connectivity index (χ3n) is 4.94. The summed E-state index contributed by atoms with van der Waals surface area (Å²) in [6.07, 6.45) is 4.02. The molecule has 0 bridgehead atoms.